The Labute approximate surface area is 241 Å². The molecule has 0 rings (SSSR count). The molecule has 228 valence electrons. The van der Waals surface area contributed by atoms with Crippen molar-refractivity contribution in [2.45, 2.75) is 219 Å². The van der Waals surface area contributed by atoms with Crippen molar-refractivity contribution in [1.82, 2.24) is 0 Å². The zero-order valence-corrected chi connectivity index (χ0v) is 26.7. The maximum Gasteiger partial charge on any atom is 0.305 e. The summed E-state index contributed by atoms with van der Waals surface area (Å²) >= 11 is 0. The highest BCUT2D eigenvalue weighted by atomic mass is 16.5. The first-order valence-corrected chi connectivity index (χ1v) is 18.0. The van der Waals surface area contributed by atoms with Crippen LogP contribution in [0.5, 0.6) is 0 Å². The maximum atomic E-state index is 11.6. The molecule has 0 aliphatic carbocycles. The van der Waals surface area contributed by atoms with Crippen molar-refractivity contribution in [3.05, 3.63) is 0 Å². The number of hydrogen-bond acceptors (Lipinski definition) is 2. The normalized spacial score (nSPS) is 11.3. The van der Waals surface area contributed by atoms with Gasteiger partial charge >= 0.3 is 5.97 Å². The highest BCUT2D eigenvalue weighted by Crippen LogP contribution is 2.16. The van der Waals surface area contributed by atoms with Crippen LogP contribution in [-0.2, 0) is 9.53 Å². The van der Waals surface area contributed by atoms with E-state index < -0.39 is 0 Å². The minimum Gasteiger partial charge on any atom is -0.466 e. The van der Waals surface area contributed by atoms with Crippen LogP contribution < -0.4 is 0 Å². The van der Waals surface area contributed by atoms with Gasteiger partial charge in [0.15, 0.2) is 0 Å². The number of hydrogen-bond donors (Lipinski definition) is 0. The second kappa shape index (κ2) is 34.5. The molecule has 0 aromatic rings. The van der Waals surface area contributed by atoms with Crippen molar-refractivity contribution in [2.75, 3.05) is 6.61 Å². The number of rotatable bonds is 33. The summed E-state index contributed by atoms with van der Waals surface area (Å²) in [5.41, 5.74) is 0. The van der Waals surface area contributed by atoms with Gasteiger partial charge in [0, 0.05) is 6.42 Å². The third kappa shape index (κ3) is 33.5. The van der Waals surface area contributed by atoms with Crippen molar-refractivity contribution in [1.29, 1.82) is 0 Å². The van der Waals surface area contributed by atoms with E-state index in [9.17, 15) is 4.79 Å². The average Bonchev–Trinajstić information content (AvgIpc) is 2.92. The van der Waals surface area contributed by atoms with E-state index in [0.29, 0.717) is 13.0 Å². The standard InChI is InChI=1S/C36H72O2/c1-3-5-7-9-10-11-12-13-14-15-16-17-18-19-20-21-22-23-24-25-26-27-28-29-30-31-33-35-38-36(37)34-32-8-6-4-2/h3-35H2,1-2H3. The van der Waals surface area contributed by atoms with E-state index in [1.165, 1.54) is 180 Å². The van der Waals surface area contributed by atoms with Gasteiger partial charge in [0.05, 0.1) is 6.61 Å². The van der Waals surface area contributed by atoms with Gasteiger partial charge in [-0.25, -0.2) is 0 Å². The third-order valence-corrected chi connectivity index (χ3v) is 8.25. The second-order valence-electron chi connectivity index (χ2n) is 12.2. The number of carbonyl (C=O) groups is 1. The van der Waals surface area contributed by atoms with Gasteiger partial charge < -0.3 is 4.74 Å². The zero-order valence-electron chi connectivity index (χ0n) is 26.7. The quantitative estimate of drug-likeness (QED) is 0.0615. The monoisotopic (exact) mass is 537 g/mol. The Hall–Kier alpha value is -0.530. The third-order valence-electron chi connectivity index (χ3n) is 8.25. The number of ether oxygens (including phenoxy) is 1. The fourth-order valence-electron chi connectivity index (χ4n) is 5.55. The first kappa shape index (κ1) is 37.5. The lowest BCUT2D eigenvalue weighted by atomic mass is 10.0. The van der Waals surface area contributed by atoms with Gasteiger partial charge in [0.25, 0.3) is 0 Å². The maximum absolute atomic E-state index is 11.6. The largest absolute Gasteiger partial charge is 0.466 e. The summed E-state index contributed by atoms with van der Waals surface area (Å²) in [6, 6.07) is 0. The molecule has 0 amide bonds. The highest BCUT2D eigenvalue weighted by Gasteiger charge is 2.02. The van der Waals surface area contributed by atoms with Crippen LogP contribution in [0.4, 0.5) is 0 Å². The molecule has 0 saturated carbocycles. The molecule has 38 heavy (non-hydrogen) atoms. The van der Waals surface area contributed by atoms with Gasteiger partial charge in [0.2, 0.25) is 0 Å². The summed E-state index contributed by atoms with van der Waals surface area (Å²) in [5.74, 6) is 0.0101. The summed E-state index contributed by atoms with van der Waals surface area (Å²) in [5, 5.41) is 0. The molecular weight excluding hydrogens is 464 g/mol. The summed E-state index contributed by atoms with van der Waals surface area (Å²) in [6.07, 6.45) is 43.6. The Kier molecular flexibility index (Phi) is 34.0. The summed E-state index contributed by atoms with van der Waals surface area (Å²) in [4.78, 5) is 11.6. The molecule has 0 aromatic heterocycles. The van der Waals surface area contributed by atoms with Crippen molar-refractivity contribution < 1.29 is 9.53 Å². The lowest BCUT2D eigenvalue weighted by molar-refractivity contribution is -0.143. The SMILES string of the molecule is CCCCCCCCCCCCCCCCCCCCCCCCCCCCCOC(=O)CCCCCC. The molecule has 0 N–H and O–H groups in total. The van der Waals surface area contributed by atoms with Crippen molar-refractivity contribution in [3.63, 3.8) is 0 Å². The Bertz CT molecular complexity index is 433. The van der Waals surface area contributed by atoms with Crippen molar-refractivity contribution in [2.24, 2.45) is 0 Å². The molecule has 2 heteroatoms. The molecule has 0 aromatic carbocycles. The zero-order chi connectivity index (χ0) is 27.6. The minimum absolute atomic E-state index is 0.0101. The van der Waals surface area contributed by atoms with Crippen LogP contribution in [0.15, 0.2) is 0 Å². The van der Waals surface area contributed by atoms with E-state index in [-0.39, 0.29) is 5.97 Å². The molecule has 0 atom stereocenters. The van der Waals surface area contributed by atoms with E-state index in [1.807, 2.05) is 0 Å². The van der Waals surface area contributed by atoms with E-state index >= 15 is 0 Å². The van der Waals surface area contributed by atoms with Crippen LogP contribution in [-0.4, -0.2) is 12.6 Å². The van der Waals surface area contributed by atoms with Crippen LogP contribution >= 0.6 is 0 Å². The minimum atomic E-state index is 0.0101. The van der Waals surface area contributed by atoms with Crippen LogP contribution in [0.3, 0.4) is 0 Å². The lowest BCUT2D eigenvalue weighted by Gasteiger charge is -2.05. The van der Waals surface area contributed by atoms with E-state index in [0.717, 1.165) is 19.3 Å². The molecule has 0 bridgehead atoms. The molecule has 0 spiro atoms. The first-order valence-electron chi connectivity index (χ1n) is 18.0. The second-order valence-corrected chi connectivity index (χ2v) is 12.2. The van der Waals surface area contributed by atoms with E-state index in [2.05, 4.69) is 13.8 Å². The Morgan fingerprint density at radius 2 is 0.579 bits per heavy atom. The highest BCUT2D eigenvalue weighted by molar-refractivity contribution is 5.69. The predicted molar refractivity (Wildman–Crippen MR) is 170 cm³/mol. The predicted octanol–water partition coefficient (Wildman–Crippen LogP) is 13.1. The van der Waals surface area contributed by atoms with Gasteiger partial charge in [-0.1, -0.05) is 200 Å². The number of unbranched alkanes of at least 4 members (excludes halogenated alkanes) is 29. The number of esters is 1. The Morgan fingerprint density at radius 1 is 0.342 bits per heavy atom. The molecular formula is C36H72O2. The fraction of sp³-hybridized carbons (Fsp3) is 0.972. The van der Waals surface area contributed by atoms with Gasteiger partial charge in [-0.05, 0) is 12.8 Å². The van der Waals surface area contributed by atoms with Crippen LogP contribution in [0.2, 0.25) is 0 Å². The molecule has 0 heterocycles. The summed E-state index contributed by atoms with van der Waals surface area (Å²) in [7, 11) is 0. The molecule has 0 aliphatic heterocycles. The van der Waals surface area contributed by atoms with Crippen LogP contribution in [0.1, 0.15) is 219 Å². The molecule has 0 aliphatic rings. The van der Waals surface area contributed by atoms with Gasteiger partial charge in [-0.2, -0.15) is 0 Å². The van der Waals surface area contributed by atoms with Gasteiger partial charge in [-0.3, -0.25) is 4.79 Å². The van der Waals surface area contributed by atoms with E-state index in [4.69, 9.17) is 4.74 Å². The van der Waals surface area contributed by atoms with Crippen LogP contribution in [0.25, 0.3) is 0 Å². The van der Waals surface area contributed by atoms with Crippen molar-refractivity contribution in [3.8, 4) is 0 Å². The molecule has 0 fully saturated rings. The summed E-state index contributed by atoms with van der Waals surface area (Å²) in [6.45, 7) is 5.13. The average molecular weight is 537 g/mol. The Morgan fingerprint density at radius 3 is 0.868 bits per heavy atom. The first-order chi connectivity index (χ1) is 18.8. The fourth-order valence-corrected chi connectivity index (χ4v) is 5.55. The summed E-state index contributed by atoms with van der Waals surface area (Å²) < 4.78 is 5.34. The molecule has 0 unspecified atom stereocenters. The smallest absolute Gasteiger partial charge is 0.305 e. The van der Waals surface area contributed by atoms with Gasteiger partial charge in [0.1, 0.15) is 0 Å². The molecule has 2 nitrogen and oxygen atoms in total. The molecule has 0 radical (unpaired) electrons. The van der Waals surface area contributed by atoms with Crippen LogP contribution in [0, 0.1) is 0 Å². The topological polar surface area (TPSA) is 26.3 Å². The van der Waals surface area contributed by atoms with E-state index in [1.54, 1.807) is 0 Å². The number of carbonyl (C=O) groups excluding carboxylic acids is 1. The van der Waals surface area contributed by atoms with Gasteiger partial charge in [-0.15, -0.1) is 0 Å². The Balaban J connectivity index is 3.07. The lowest BCUT2D eigenvalue weighted by Crippen LogP contribution is -2.05. The molecule has 0 saturated heterocycles. The van der Waals surface area contributed by atoms with Crippen molar-refractivity contribution >= 4 is 5.97 Å².